The number of esters is 3. The fraction of sp³-hybridized carbons (Fsp3) is 0.685. The number of carbonyl (C=O) groups excluding carboxylic acids is 3. The van der Waals surface area contributed by atoms with Gasteiger partial charge in [0.25, 0.3) is 0 Å². The van der Waals surface area contributed by atoms with Gasteiger partial charge in [0.05, 0.1) is 26.4 Å². The number of allylic oxidation sites excluding steroid dienone is 20. The van der Waals surface area contributed by atoms with E-state index in [1.54, 1.807) is 0 Å². The van der Waals surface area contributed by atoms with E-state index in [1.165, 1.54) is 51.4 Å². The van der Waals surface area contributed by atoms with Crippen LogP contribution in [0, 0.1) is 0 Å². The van der Waals surface area contributed by atoms with Crippen LogP contribution in [0.15, 0.2) is 122 Å². The molecule has 0 bridgehead atoms. The van der Waals surface area contributed by atoms with E-state index in [0.717, 1.165) is 154 Å². The van der Waals surface area contributed by atoms with E-state index in [0.29, 0.717) is 19.3 Å². The zero-order chi connectivity index (χ0) is 66.7. The smallest absolute Gasteiger partial charge is 0.463 e. The predicted octanol–water partition coefficient (Wildman–Crippen LogP) is 19.4. The maximum Gasteiger partial charge on any atom is 0.472 e. The highest BCUT2D eigenvalue weighted by Gasteiger charge is 2.29. The molecule has 0 saturated heterocycles. The van der Waals surface area contributed by atoms with Gasteiger partial charge in [0.2, 0.25) is 0 Å². The number of hydrogen-bond donors (Lipinski definition) is 4. The molecule has 16 nitrogen and oxygen atoms in total. The molecule has 0 saturated carbocycles. The van der Waals surface area contributed by atoms with E-state index in [2.05, 4.69) is 142 Å². The summed E-state index contributed by atoms with van der Waals surface area (Å²) in [6, 6.07) is 0. The molecule has 5 unspecified atom stereocenters. The molecule has 91 heavy (non-hydrogen) atoms. The van der Waals surface area contributed by atoms with Crippen LogP contribution in [0.5, 0.6) is 0 Å². The Morgan fingerprint density at radius 3 is 0.934 bits per heavy atom. The van der Waals surface area contributed by atoms with E-state index < -0.39 is 91.5 Å². The van der Waals surface area contributed by atoms with Crippen molar-refractivity contribution in [1.29, 1.82) is 0 Å². The molecule has 522 valence electrons. The highest BCUT2D eigenvalue weighted by Crippen LogP contribution is 2.45. The topological polar surface area (TPSA) is 231 Å². The van der Waals surface area contributed by atoms with Crippen LogP contribution >= 0.6 is 15.6 Å². The maximum absolute atomic E-state index is 12.9. The lowest BCUT2D eigenvalue weighted by Crippen LogP contribution is -2.30. The predicted molar refractivity (Wildman–Crippen MR) is 371 cm³/mol. The second-order valence-corrected chi connectivity index (χ2v) is 25.8. The first-order valence-corrected chi connectivity index (χ1v) is 37.8. The lowest BCUT2D eigenvalue weighted by molar-refractivity contribution is -0.161. The van der Waals surface area contributed by atoms with Gasteiger partial charge in [0, 0.05) is 19.3 Å². The van der Waals surface area contributed by atoms with Gasteiger partial charge in [-0.25, -0.2) is 9.13 Å². The fourth-order valence-corrected chi connectivity index (χ4v) is 10.5. The molecular weight excluding hydrogens is 1190 g/mol. The second-order valence-electron chi connectivity index (χ2n) is 22.9. The number of carbonyl (C=O) groups is 3. The van der Waals surface area contributed by atoms with E-state index in [4.69, 9.17) is 32.3 Å². The Morgan fingerprint density at radius 2 is 0.582 bits per heavy atom. The molecule has 0 aliphatic carbocycles. The van der Waals surface area contributed by atoms with Crippen molar-refractivity contribution in [3.8, 4) is 0 Å². The van der Waals surface area contributed by atoms with Crippen LogP contribution in [0.3, 0.4) is 0 Å². The third-order valence-corrected chi connectivity index (χ3v) is 16.1. The summed E-state index contributed by atoms with van der Waals surface area (Å²) in [4.78, 5) is 58.4. The minimum absolute atomic E-state index is 0.0972. The molecule has 0 rings (SSSR count). The normalized spacial score (nSPS) is 14.9. The van der Waals surface area contributed by atoms with Crippen LogP contribution in [0.2, 0.25) is 0 Å². The van der Waals surface area contributed by atoms with Gasteiger partial charge in [-0.1, -0.05) is 258 Å². The van der Waals surface area contributed by atoms with Gasteiger partial charge in [0.15, 0.2) is 6.10 Å². The molecule has 0 spiro atoms. The van der Waals surface area contributed by atoms with Crippen LogP contribution in [0.4, 0.5) is 0 Å². The molecule has 0 aromatic heterocycles. The van der Waals surface area contributed by atoms with Gasteiger partial charge in [0.1, 0.15) is 25.4 Å². The molecule has 5 atom stereocenters. The molecule has 0 aliphatic heterocycles. The Bertz CT molecular complexity index is 2140. The van der Waals surface area contributed by atoms with Crippen molar-refractivity contribution in [3.63, 3.8) is 0 Å². The molecule has 18 heteroatoms. The Labute approximate surface area is 551 Å². The van der Waals surface area contributed by atoms with Gasteiger partial charge >= 0.3 is 33.6 Å². The van der Waals surface area contributed by atoms with Crippen molar-refractivity contribution in [1.82, 2.24) is 0 Å². The summed E-state index contributed by atoms with van der Waals surface area (Å²) in [5.41, 5.74) is 0. The number of rotatable bonds is 65. The number of hydrogen-bond acceptors (Lipinski definition) is 14. The first-order valence-electron chi connectivity index (χ1n) is 34.8. The molecule has 0 radical (unpaired) electrons. The van der Waals surface area contributed by atoms with Gasteiger partial charge in [-0.05, 0) is 109 Å². The standard InChI is InChI=1S/C73H124O16P2/c1-4-7-10-13-16-19-22-25-27-29-31-32-33-34-36-38-39-42-44-47-50-53-56-59-71(76)83-62-68(74)63-85-90(79,80)86-64-69(75)65-87-91(81,82)88-67-70(89-73(78)61-58-55-52-49-46-41-24-21-18-15-12-9-6-3)66-84-72(77)60-57-54-51-48-45-43-40-37-35-30-28-26-23-20-17-14-11-8-5-2/h7-8,10-11,16-17,19-20,25-28,31-32,34-37,43,45,68-70,74-75H,4-6,9,12-15,18,21-24,29-30,33,38-42,44,46-67H2,1-3H3,(H,79,80)(H,81,82)/b10-7-,11-8-,19-16-,20-17-,27-25-,28-26-,32-31-,36-34-,37-35-,45-43-. The Morgan fingerprint density at radius 1 is 0.319 bits per heavy atom. The van der Waals surface area contributed by atoms with E-state index >= 15 is 0 Å². The summed E-state index contributed by atoms with van der Waals surface area (Å²) in [6.45, 7) is 2.39. The lowest BCUT2D eigenvalue weighted by atomic mass is 10.0. The quantitative estimate of drug-likeness (QED) is 0.0146. The van der Waals surface area contributed by atoms with Crippen molar-refractivity contribution in [3.05, 3.63) is 122 Å². The summed E-state index contributed by atoms with van der Waals surface area (Å²) < 4.78 is 60.9. The first kappa shape index (κ1) is 87.0. The van der Waals surface area contributed by atoms with Crippen LogP contribution in [-0.2, 0) is 55.8 Å². The van der Waals surface area contributed by atoms with E-state index in [1.807, 2.05) is 0 Å². The summed E-state index contributed by atoms with van der Waals surface area (Å²) in [5, 5.41) is 20.6. The fourth-order valence-electron chi connectivity index (χ4n) is 8.92. The third-order valence-electron chi connectivity index (χ3n) is 14.2. The Balaban J connectivity index is 4.64. The van der Waals surface area contributed by atoms with Crippen LogP contribution in [0.25, 0.3) is 0 Å². The molecule has 0 fully saturated rings. The number of unbranched alkanes of at least 4 members (excludes halogenated alkanes) is 22. The number of phosphoric ester groups is 2. The first-order chi connectivity index (χ1) is 44.2. The van der Waals surface area contributed by atoms with Gasteiger partial charge in [-0.2, -0.15) is 0 Å². The lowest BCUT2D eigenvalue weighted by Gasteiger charge is -2.21. The van der Waals surface area contributed by atoms with Crippen molar-refractivity contribution >= 4 is 33.6 Å². The van der Waals surface area contributed by atoms with Gasteiger partial charge in [-0.3, -0.25) is 32.5 Å². The average Bonchev–Trinajstić information content (AvgIpc) is 3.74. The van der Waals surface area contributed by atoms with Crippen LogP contribution in [0.1, 0.15) is 265 Å². The second kappa shape index (κ2) is 66.0. The molecule has 0 aliphatic rings. The minimum atomic E-state index is -4.93. The zero-order valence-corrected chi connectivity index (χ0v) is 58.3. The molecule has 0 aromatic carbocycles. The molecule has 0 aromatic rings. The highest BCUT2D eigenvalue weighted by molar-refractivity contribution is 7.47. The molecule has 0 amide bonds. The monoisotopic (exact) mass is 1320 g/mol. The van der Waals surface area contributed by atoms with Crippen LogP contribution < -0.4 is 0 Å². The summed E-state index contributed by atoms with van der Waals surface area (Å²) in [6.07, 6.45) is 75.3. The van der Waals surface area contributed by atoms with Crippen molar-refractivity contribution < 1.29 is 75.8 Å². The van der Waals surface area contributed by atoms with Crippen molar-refractivity contribution in [2.24, 2.45) is 0 Å². The molecule has 4 N–H and O–H groups in total. The summed E-state index contributed by atoms with van der Waals surface area (Å²) >= 11 is 0. The van der Waals surface area contributed by atoms with E-state index in [-0.39, 0.29) is 19.3 Å². The number of aliphatic hydroxyl groups is 2. The van der Waals surface area contributed by atoms with Crippen molar-refractivity contribution in [2.45, 2.75) is 283 Å². The SMILES string of the molecule is CC/C=C\C/C=C\C/C=C\C/C=C\C/C=C\CCCCCCCCCC(=O)OCC(O)COP(=O)(O)OCC(O)COP(=O)(O)OCC(COC(=O)CCCCC/C=C\C/C=C\C/C=C\C/C=C\C/C=C\CC)OC(=O)CCCCCCCCCCCCCCC. The highest BCUT2D eigenvalue weighted by atomic mass is 31.2. The minimum Gasteiger partial charge on any atom is -0.463 e. The maximum atomic E-state index is 12.9. The zero-order valence-electron chi connectivity index (χ0n) is 56.5. The van der Waals surface area contributed by atoms with Gasteiger partial charge in [-0.15, -0.1) is 0 Å². The molecular formula is C73H124O16P2. The summed E-state index contributed by atoms with van der Waals surface area (Å²) in [5.74, 6) is -1.62. The number of aliphatic hydroxyl groups excluding tert-OH is 2. The third kappa shape index (κ3) is 67.2. The number of ether oxygens (including phenoxy) is 3. The van der Waals surface area contributed by atoms with Gasteiger partial charge < -0.3 is 34.2 Å². The molecule has 0 heterocycles. The van der Waals surface area contributed by atoms with E-state index in [9.17, 15) is 43.5 Å². The summed E-state index contributed by atoms with van der Waals surface area (Å²) in [7, 11) is -9.79. The number of phosphoric acid groups is 2. The Kier molecular flexibility index (Phi) is 63.1. The van der Waals surface area contributed by atoms with Crippen molar-refractivity contribution in [2.75, 3.05) is 39.6 Å². The van der Waals surface area contributed by atoms with Crippen LogP contribution in [-0.4, -0.2) is 95.9 Å². The Hall–Kier alpha value is -4.05. The average molecular weight is 1320 g/mol. The largest absolute Gasteiger partial charge is 0.472 e.